The molecule has 1 aromatic rings. The molecule has 1 N–H and O–H groups in total. The van der Waals surface area contributed by atoms with Gasteiger partial charge in [-0.05, 0) is 32.0 Å². The normalized spacial score (nSPS) is 15.6. The predicted octanol–water partition coefficient (Wildman–Crippen LogP) is 2.91. The topological polar surface area (TPSA) is 50.8 Å². The molecule has 1 aromatic carbocycles. The van der Waals surface area contributed by atoms with Crippen molar-refractivity contribution >= 4 is 11.6 Å². The van der Waals surface area contributed by atoms with Gasteiger partial charge in [0.25, 0.3) is 0 Å². The van der Waals surface area contributed by atoms with Crippen molar-refractivity contribution in [3.63, 3.8) is 0 Å². The molecule has 2 rings (SSSR count). The molecule has 0 aliphatic heterocycles. The molecule has 1 aliphatic rings. The van der Waals surface area contributed by atoms with Crippen molar-refractivity contribution in [1.82, 2.24) is 4.90 Å². The highest BCUT2D eigenvalue weighted by Gasteiger charge is 2.20. The van der Waals surface area contributed by atoms with Gasteiger partial charge in [-0.15, -0.1) is 0 Å². The van der Waals surface area contributed by atoms with Gasteiger partial charge in [-0.2, -0.15) is 0 Å². The Labute approximate surface area is 132 Å². The standard InChI is InChI=1S/C17H26N2O3/c1-19(14-7-5-4-6-8-14)12-17(20)18-13-9-10-15(21-2)16(11-13)22-3/h9-11,14H,4-8,12H2,1-3H3,(H,18,20). The third-order valence-electron chi connectivity index (χ3n) is 4.26. The fourth-order valence-electron chi connectivity index (χ4n) is 2.99. The van der Waals surface area contributed by atoms with Gasteiger partial charge in [-0.1, -0.05) is 19.3 Å². The number of likely N-dealkylation sites (N-methyl/N-ethyl adjacent to an activating group) is 1. The van der Waals surface area contributed by atoms with E-state index in [9.17, 15) is 4.79 Å². The minimum atomic E-state index is 0.000272. The van der Waals surface area contributed by atoms with E-state index in [1.54, 1.807) is 26.4 Å². The largest absolute Gasteiger partial charge is 0.493 e. The second-order valence-corrected chi connectivity index (χ2v) is 5.82. The lowest BCUT2D eigenvalue weighted by atomic mass is 9.94. The average molecular weight is 306 g/mol. The minimum absolute atomic E-state index is 0.000272. The molecule has 1 saturated carbocycles. The molecule has 0 aromatic heterocycles. The van der Waals surface area contributed by atoms with Crippen molar-refractivity contribution in [3.8, 4) is 11.5 Å². The smallest absolute Gasteiger partial charge is 0.238 e. The van der Waals surface area contributed by atoms with Crippen molar-refractivity contribution in [2.45, 2.75) is 38.1 Å². The first kappa shape index (κ1) is 16.6. The number of anilines is 1. The number of benzene rings is 1. The van der Waals surface area contributed by atoms with Crippen LogP contribution in [-0.2, 0) is 4.79 Å². The van der Waals surface area contributed by atoms with Crippen molar-refractivity contribution in [2.75, 3.05) is 33.1 Å². The predicted molar refractivity (Wildman–Crippen MR) is 87.7 cm³/mol. The van der Waals surface area contributed by atoms with Crippen LogP contribution in [0.5, 0.6) is 11.5 Å². The zero-order chi connectivity index (χ0) is 15.9. The van der Waals surface area contributed by atoms with Crippen molar-refractivity contribution in [2.24, 2.45) is 0 Å². The van der Waals surface area contributed by atoms with Crippen LogP contribution in [0.25, 0.3) is 0 Å². The van der Waals surface area contributed by atoms with Crippen molar-refractivity contribution in [1.29, 1.82) is 0 Å². The van der Waals surface area contributed by atoms with E-state index in [0.717, 1.165) is 5.69 Å². The molecule has 22 heavy (non-hydrogen) atoms. The number of carbonyl (C=O) groups excluding carboxylic acids is 1. The summed E-state index contributed by atoms with van der Waals surface area (Å²) in [4.78, 5) is 14.4. The summed E-state index contributed by atoms with van der Waals surface area (Å²) >= 11 is 0. The fourth-order valence-corrected chi connectivity index (χ4v) is 2.99. The summed E-state index contributed by atoms with van der Waals surface area (Å²) in [6.07, 6.45) is 6.25. The number of hydrogen-bond acceptors (Lipinski definition) is 4. The van der Waals surface area contributed by atoms with Crippen molar-refractivity contribution < 1.29 is 14.3 Å². The highest BCUT2D eigenvalue weighted by Crippen LogP contribution is 2.29. The first-order valence-electron chi connectivity index (χ1n) is 7.86. The molecule has 0 atom stereocenters. The monoisotopic (exact) mass is 306 g/mol. The number of rotatable bonds is 6. The molecular formula is C17H26N2O3. The Bertz CT molecular complexity index is 499. The summed E-state index contributed by atoms with van der Waals surface area (Å²) in [7, 11) is 5.21. The summed E-state index contributed by atoms with van der Waals surface area (Å²) in [5.41, 5.74) is 0.722. The summed E-state index contributed by atoms with van der Waals surface area (Å²) in [6, 6.07) is 5.92. The summed E-state index contributed by atoms with van der Waals surface area (Å²) in [5.74, 6) is 1.26. The van der Waals surface area contributed by atoms with E-state index in [1.807, 2.05) is 13.1 Å². The van der Waals surface area contributed by atoms with E-state index < -0.39 is 0 Å². The number of ether oxygens (including phenoxy) is 2. The van der Waals surface area contributed by atoms with Gasteiger partial charge in [-0.3, -0.25) is 9.69 Å². The molecule has 5 nitrogen and oxygen atoms in total. The fraction of sp³-hybridized carbons (Fsp3) is 0.588. The van der Waals surface area contributed by atoms with Gasteiger partial charge in [0, 0.05) is 17.8 Å². The molecule has 1 aliphatic carbocycles. The van der Waals surface area contributed by atoms with Crippen molar-refractivity contribution in [3.05, 3.63) is 18.2 Å². The maximum atomic E-state index is 12.2. The minimum Gasteiger partial charge on any atom is -0.493 e. The maximum Gasteiger partial charge on any atom is 0.238 e. The lowest BCUT2D eigenvalue weighted by molar-refractivity contribution is -0.117. The Hall–Kier alpha value is -1.75. The van der Waals surface area contributed by atoms with Crippen LogP contribution in [0.2, 0.25) is 0 Å². The number of methoxy groups -OCH3 is 2. The van der Waals surface area contributed by atoms with Gasteiger partial charge in [0.05, 0.1) is 20.8 Å². The van der Waals surface area contributed by atoms with E-state index in [0.29, 0.717) is 24.1 Å². The molecule has 0 radical (unpaired) electrons. The molecule has 0 saturated heterocycles. The Morgan fingerprint density at radius 1 is 1.18 bits per heavy atom. The molecule has 0 heterocycles. The quantitative estimate of drug-likeness (QED) is 0.878. The molecular weight excluding hydrogens is 280 g/mol. The first-order valence-corrected chi connectivity index (χ1v) is 7.86. The molecule has 1 amide bonds. The van der Waals surface area contributed by atoms with Gasteiger partial charge in [-0.25, -0.2) is 0 Å². The number of carbonyl (C=O) groups is 1. The second kappa shape index (κ2) is 8.03. The Morgan fingerprint density at radius 2 is 1.86 bits per heavy atom. The zero-order valence-electron chi connectivity index (χ0n) is 13.7. The zero-order valence-corrected chi connectivity index (χ0v) is 13.7. The highest BCUT2D eigenvalue weighted by atomic mass is 16.5. The van der Waals surface area contributed by atoms with Crippen LogP contribution < -0.4 is 14.8 Å². The third-order valence-corrected chi connectivity index (χ3v) is 4.26. The van der Waals surface area contributed by atoms with Crippen LogP contribution in [-0.4, -0.2) is 44.7 Å². The van der Waals surface area contributed by atoms with Crippen LogP contribution in [0.15, 0.2) is 18.2 Å². The third kappa shape index (κ3) is 4.37. The van der Waals surface area contributed by atoms with Gasteiger partial charge >= 0.3 is 0 Å². The van der Waals surface area contributed by atoms with E-state index in [4.69, 9.17) is 9.47 Å². The molecule has 122 valence electrons. The summed E-state index contributed by atoms with van der Waals surface area (Å²) in [6.45, 7) is 0.416. The Balaban J connectivity index is 1.91. The number of amides is 1. The van der Waals surface area contributed by atoms with Crippen LogP contribution in [0.4, 0.5) is 5.69 Å². The maximum absolute atomic E-state index is 12.2. The van der Waals surface area contributed by atoms with E-state index in [2.05, 4.69) is 10.2 Å². The summed E-state index contributed by atoms with van der Waals surface area (Å²) in [5, 5.41) is 2.92. The van der Waals surface area contributed by atoms with Crippen LogP contribution in [0, 0.1) is 0 Å². The second-order valence-electron chi connectivity index (χ2n) is 5.82. The highest BCUT2D eigenvalue weighted by molar-refractivity contribution is 5.92. The average Bonchev–Trinajstić information content (AvgIpc) is 2.55. The Morgan fingerprint density at radius 3 is 2.50 bits per heavy atom. The molecule has 0 spiro atoms. The molecule has 0 bridgehead atoms. The van der Waals surface area contributed by atoms with Crippen LogP contribution in [0.3, 0.4) is 0 Å². The Kier molecular flexibility index (Phi) is 6.07. The van der Waals surface area contributed by atoms with E-state index in [1.165, 1.54) is 32.1 Å². The van der Waals surface area contributed by atoms with E-state index in [-0.39, 0.29) is 5.91 Å². The number of nitrogens with one attached hydrogen (secondary N) is 1. The SMILES string of the molecule is COc1ccc(NC(=O)CN(C)C2CCCCC2)cc1OC. The van der Waals surface area contributed by atoms with Gasteiger partial charge in [0.2, 0.25) is 5.91 Å². The van der Waals surface area contributed by atoms with E-state index >= 15 is 0 Å². The van der Waals surface area contributed by atoms with Gasteiger partial charge < -0.3 is 14.8 Å². The number of nitrogens with zero attached hydrogens (tertiary/aromatic N) is 1. The van der Waals surface area contributed by atoms with Crippen LogP contribution in [0.1, 0.15) is 32.1 Å². The lowest BCUT2D eigenvalue weighted by Gasteiger charge is -2.30. The molecule has 5 heteroatoms. The summed E-state index contributed by atoms with van der Waals surface area (Å²) < 4.78 is 10.4. The first-order chi connectivity index (χ1) is 10.6. The lowest BCUT2D eigenvalue weighted by Crippen LogP contribution is -2.39. The molecule has 1 fully saturated rings. The van der Waals surface area contributed by atoms with Crippen LogP contribution >= 0.6 is 0 Å². The number of hydrogen-bond donors (Lipinski definition) is 1. The van der Waals surface area contributed by atoms with Gasteiger partial charge in [0.15, 0.2) is 11.5 Å². The molecule has 0 unspecified atom stereocenters. The van der Waals surface area contributed by atoms with Gasteiger partial charge in [0.1, 0.15) is 0 Å².